The van der Waals surface area contributed by atoms with Crippen molar-refractivity contribution in [2.24, 2.45) is 0 Å². The van der Waals surface area contributed by atoms with Crippen molar-refractivity contribution >= 4 is 29.2 Å². The van der Waals surface area contributed by atoms with Crippen molar-refractivity contribution in [1.29, 1.82) is 0 Å². The van der Waals surface area contributed by atoms with Crippen molar-refractivity contribution in [1.82, 2.24) is 9.97 Å². The summed E-state index contributed by atoms with van der Waals surface area (Å²) in [6.07, 6.45) is 1.46. The lowest BCUT2D eigenvalue weighted by Crippen LogP contribution is -2.05. The molecule has 0 radical (unpaired) electrons. The fraction of sp³-hybridized carbons (Fsp3) is 0.0833. The highest BCUT2D eigenvalue weighted by atomic mass is 35.5. The monoisotopic (exact) mass is 282 g/mol. The van der Waals surface area contributed by atoms with E-state index in [1.807, 2.05) is 0 Å². The van der Waals surface area contributed by atoms with Crippen LogP contribution < -0.4 is 0 Å². The summed E-state index contributed by atoms with van der Waals surface area (Å²) in [5.41, 5.74) is 0.730. The van der Waals surface area contributed by atoms with Gasteiger partial charge in [0.2, 0.25) is 0 Å². The number of ether oxygens (including phenoxy) is 1. The summed E-state index contributed by atoms with van der Waals surface area (Å²) in [7, 11) is 1.29. The second-order valence-corrected chi connectivity index (χ2v) is 4.14. The first kappa shape index (κ1) is 12.8. The van der Waals surface area contributed by atoms with Gasteiger partial charge in [0, 0.05) is 11.8 Å². The molecule has 2 aromatic rings. The predicted octanol–water partition coefficient (Wildman–Crippen LogP) is 3.24. The SMILES string of the molecule is COC(=O)c1ccnc(-c2cccc(Cl)c2Cl)n1. The van der Waals surface area contributed by atoms with E-state index in [1.54, 1.807) is 18.2 Å². The van der Waals surface area contributed by atoms with Crippen molar-refractivity contribution in [3.8, 4) is 11.4 Å². The van der Waals surface area contributed by atoms with Crippen molar-refractivity contribution in [2.75, 3.05) is 7.11 Å². The number of benzene rings is 1. The van der Waals surface area contributed by atoms with Gasteiger partial charge in [0.25, 0.3) is 0 Å². The van der Waals surface area contributed by atoms with Crippen LogP contribution in [0.25, 0.3) is 11.4 Å². The molecule has 0 fully saturated rings. The first-order valence-corrected chi connectivity index (χ1v) is 5.75. The van der Waals surface area contributed by atoms with Crippen LogP contribution in [0.15, 0.2) is 30.5 Å². The average Bonchev–Trinajstić information content (AvgIpc) is 2.41. The number of methoxy groups -OCH3 is 1. The molecule has 0 unspecified atom stereocenters. The van der Waals surface area contributed by atoms with Crippen LogP contribution in [0.4, 0.5) is 0 Å². The number of carbonyl (C=O) groups is 1. The smallest absolute Gasteiger partial charge is 0.356 e. The lowest BCUT2D eigenvalue weighted by Gasteiger charge is -2.05. The number of halogens is 2. The molecule has 0 aliphatic carbocycles. The Morgan fingerprint density at radius 1 is 1.28 bits per heavy atom. The zero-order valence-corrected chi connectivity index (χ0v) is 10.9. The van der Waals surface area contributed by atoms with E-state index >= 15 is 0 Å². The number of carbonyl (C=O) groups excluding carboxylic acids is 1. The van der Waals surface area contributed by atoms with E-state index < -0.39 is 5.97 Å². The van der Waals surface area contributed by atoms with Gasteiger partial charge in [-0.05, 0) is 18.2 Å². The zero-order chi connectivity index (χ0) is 13.1. The Morgan fingerprint density at radius 2 is 2.06 bits per heavy atom. The number of hydrogen-bond acceptors (Lipinski definition) is 4. The summed E-state index contributed by atoms with van der Waals surface area (Å²) in [6, 6.07) is 6.59. The van der Waals surface area contributed by atoms with Crippen molar-refractivity contribution in [2.45, 2.75) is 0 Å². The normalized spacial score (nSPS) is 10.2. The number of esters is 1. The third-order valence-corrected chi connectivity index (χ3v) is 3.06. The molecular weight excluding hydrogens is 275 g/mol. The zero-order valence-electron chi connectivity index (χ0n) is 9.35. The maximum absolute atomic E-state index is 11.4. The van der Waals surface area contributed by atoms with Gasteiger partial charge in [-0.1, -0.05) is 29.3 Å². The molecule has 0 spiro atoms. The van der Waals surface area contributed by atoms with Crippen LogP contribution in [-0.2, 0) is 4.74 Å². The molecule has 1 aromatic heterocycles. The molecule has 1 aromatic carbocycles. The molecule has 0 saturated carbocycles. The highest BCUT2D eigenvalue weighted by Crippen LogP contribution is 2.31. The summed E-state index contributed by atoms with van der Waals surface area (Å²) in [5, 5.41) is 0.752. The Balaban J connectivity index is 2.51. The average molecular weight is 283 g/mol. The topological polar surface area (TPSA) is 52.1 Å². The minimum absolute atomic E-state index is 0.165. The Labute approximate surface area is 114 Å². The van der Waals surface area contributed by atoms with E-state index in [9.17, 15) is 4.79 Å². The van der Waals surface area contributed by atoms with Crippen LogP contribution >= 0.6 is 23.2 Å². The number of hydrogen-bond donors (Lipinski definition) is 0. The lowest BCUT2D eigenvalue weighted by molar-refractivity contribution is 0.0594. The van der Waals surface area contributed by atoms with Gasteiger partial charge in [0.05, 0.1) is 17.2 Å². The van der Waals surface area contributed by atoms with E-state index in [0.717, 1.165) is 0 Å². The van der Waals surface area contributed by atoms with E-state index in [4.69, 9.17) is 23.2 Å². The van der Waals surface area contributed by atoms with Crippen molar-refractivity contribution in [3.63, 3.8) is 0 Å². The minimum atomic E-state index is -0.531. The third kappa shape index (κ3) is 2.44. The quantitative estimate of drug-likeness (QED) is 0.794. The molecule has 0 atom stereocenters. The van der Waals surface area contributed by atoms with E-state index in [0.29, 0.717) is 21.4 Å². The summed E-state index contributed by atoms with van der Waals surface area (Å²) >= 11 is 12.0. The van der Waals surface area contributed by atoms with Gasteiger partial charge in [-0.2, -0.15) is 0 Å². The van der Waals surface area contributed by atoms with Gasteiger partial charge < -0.3 is 4.74 Å². The van der Waals surface area contributed by atoms with Crippen LogP contribution in [0.1, 0.15) is 10.5 Å². The van der Waals surface area contributed by atoms with Gasteiger partial charge in [-0.25, -0.2) is 14.8 Å². The highest BCUT2D eigenvalue weighted by Gasteiger charge is 2.13. The molecule has 92 valence electrons. The Bertz CT molecular complexity index is 602. The standard InChI is InChI=1S/C12H8Cl2N2O2/c1-18-12(17)9-5-6-15-11(16-9)7-3-2-4-8(13)10(7)14/h2-6H,1H3. The fourth-order valence-corrected chi connectivity index (χ4v) is 1.77. The molecule has 0 aliphatic heterocycles. The van der Waals surface area contributed by atoms with Crippen LogP contribution in [0.5, 0.6) is 0 Å². The molecule has 0 saturated heterocycles. The second kappa shape index (κ2) is 5.33. The summed E-state index contributed by atoms with van der Waals surface area (Å²) in [5.74, 6) is -0.206. The van der Waals surface area contributed by atoms with Crippen LogP contribution in [0.2, 0.25) is 10.0 Å². The molecule has 6 heteroatoms. The van der Waals surface area contributed by atoms with Gasteiger partial charge in [0.1, 0.15) is 0 Å². The van der Waals surface area contributed by atoms with E-state index in [2.05, 4.69) is 14.7 Å². The summed E-state index contributed by atoms with van der Waals surface area (Å²) in [6.45, 7) is 0. The Morgan fingerprint density at radius 3 is 2.78 bits per heavy atom. The Hall–Kier alpha value is -1.65. The van der Waals surface area contributed by atoms with E-state index in [1.165, 1.54) is 19.4 Å². The molecule has 18 heavy (non-hydrogen) atoms. The molecule has 1 heterocycles. The molecule has 2 rings (SSSR count). The van der Waals surface area contributed by atoms with Crippen LogP contribution in [0.3, 0.4) is 0 Å². The predicted molar refractivity (Wildman–Crippen MR) is 68.8 cm³/mol. The molecule has 0 amide bonds. The van der Waals surface area contributed by atoms with E-state index in [-0.39, 0.29) is 5.69 Å². The molecule has 4 nitrogen and oxygen atoms in total. The summed E-state index contributed by atoms with van der Waals surface area (Å²) < 4.78 is 4.59. The van der Waals surface area contributed by atoms with Gasteiger partial charge in [-0.15, -0.1) is 0 Å². The van der Waals surface area contributed by atoms with Gasteiger partial charge in [0.15, 0.2) is 11.5 Å². The summed E-state index contributed by atoms with van der Waals surface area (Å²) in [4.78, 5) is 19.5. The fourth-order valence-electron chi connectivity index (χ4n) is 1.38. The minimum Gasteiger partial charge on any atom is -0.464 e. The molecule has 0 aliphatic rings. The first-order chi connectivity index (χ1) is 8.63. The third-order valence-electron chi connectivity index (χ3n) is 2.24. The van der Waals surface area contributed by atoms with Crippen LogP contribution in [0, 0.1) is 0 Å². The molecular formula is C12H8Cl2N2O2. The largest absolute Gasteiger partial charge is 0.464 e. The van der Waals surface area contributed by atoms with Crippen LogP contribution in [-0.4, -0.2) is 23.0 Å². The second-order valence-electron chi connectivity index (χ2n) is 3.36. The van der Waals surface area contributed by atoms with Crippen molar-refractivity contribution < 1.29 is 9.53 Å². The molecule has 0 bridgehead atoms. The lowest BCUT2D eigenvalue weighted by atomic mass is 10.2. The first-order valence-electron chi connectivity index (χ1n) is 4.99. The maximum atomic E-state index is 11.4. The number of rotatable bonds is 2. The van der Waals surface area contributed by atoms with Gasteiger partial charge >= 0.3 is 5.97 Å². The molecule has 0 N–H and O–H groups in total. The van der Waals surface area contributed by atoms with Crippen molar-refractivity contribution in [3.05, 3.63) is 46.2 Å². The van der Waals surface area contributed by atoms with Gasteiger partial charge in [-0.3, -0.25) is 0 Å². The highest BCUT2D eigenvalue weighted by molar-refractivity contribution is 6.43. The maximum Gasteiger partial charge on any atom is 0.356 e. The number of aromatic nitrogens is 2. The Kier molecular flexibility index (Phi) is 3.79. The number of nitrogens with zero attached hydrogens (tertiary/aromatic N) is 2.